The third-order valence-electron chi connectivity index (χ3n) is 2.60. The van der Waals surface area contributed by atoms with E-state index < -0.39 is 0 Å². The first-order valence-electron chi connectivity index (χ1n) is 6.23. The van der Waals surface area contributed by atoms with Crippen LogP contribution in [0.2, 0.25) is 0 Å². The molecule has 0 saturated heterocycles. The first-order valence-corrected chi connectivity index (χ1v) is 7.31. The van der Waals surface area contributed by atoms with Gasteiger partial charge in [-0.1, -0.05) is 20.8 Å². The lowest BCUT2D eigenvalue weighted by Crippen LogP contribution is -2.25. The number of anilines is 1. The van der Waals surface area contributed by atoms with Crippen molar-refractivity contribution >= 4 is 28.4 Å². The summed E-state index contributed by atoms with van der Waals surface area (Å²) in [7, 11) is 1.64. The summed E-state index contributed by atoms with van der Waals surface area (Å²) in [6, 6.07) is 0. The summed E-state index contributed by atoms with van der Waals surface area (Å²) in [4.78, 5) is 8.94. The van der Waals surface area contributed by atoms with Crippen LogP contribution in [0.4, 0.5) is 5.82 Å². The van der Waals surface area contributed by atoms with Crippen LogP contribution in [0.1, 0.15) is 45.3 Å². The quantitative estimate of drug-likeness (QED) is 0.797. The largest absolute Gasteiger partial charge is 0.383 e. The molecule has 0 amide bonds. The molecule has 0 saturated carbocycles. The molecule has 1 atom stereocenters. The second kappa shape index (κ2) is 6.81. The predicted molar refractivity (Wildman–Crippen MR) is 83.7 cm³/mol. The normalized spacial score (nSPS) is 13.6. The Morgan fingerprint density at radius 2 is 1.95 bits per heavy atom. The van der Waals surface area contributed by atoms with Crippen molar-refractivity contribution in [3.63, 3.8) is 0 Å². The summed E-state index contributed by atoms with van der Waals surface area (Å²) in [6.45, 7) is 9.28. The topological polar surface area (TPSA) is 70.3 Å². The lowest BCUT2D eigenvalue weighted by atomic mass is 9.88. The van der Waals surface area contributed by atoms with Crippen LogP contribution in [0.3, 0.4) is 0 Å². The Kier molecular flexibility index (Phi) is 5.94. The minimum atomic E-state index is -0.188. The van der Waals surface area contributed by atoms with Crippen molar-refractivity contribution in [3.05, 3.63) is 15.1 Å². The fraction of sp³-hybridized carbons (Fsp3) is 0.692. The van der Waals surface area contributed by atoms with Crippen LogP contribution in [0.5, 0.6) is 0 Å². The molecule has 0 aliphatic heterocycles. The van der Waals surface area contributed by atoms with Crippen molar-refractivity contribution in [3.8, 4) is 0 Å². The van der Waals surface area contributed by atoms with Gasteiger partial charge in [0.05, 0.1) is 15.9 Å². The summed E-state index contributed by atoms with van der Waals surface area (Å²) in [5.74, 6) is 1.10. The van der Waals surface area contributed by atoms with Gasteiger partial charge in [-0.15, -0.1) is 0 Å². The zero-order valence-electron chi connectivity index (χ0n) is 12.2. The number of nitrogens with two attached hydrogens (primary N) is 1. The molecule has 108 valence electrons. The Morgan fingerprint density at radius 1 is 1.32 bits per heavy atom. The number of hydrogen-bond acceptors (Lipinski definition) is 5. The lowest BCUT2D eigenvalue weighted by Gasteiger charge is -2.29. The summed E-state index contributed by atoms with van der Waals surface area (Å²) < 4.78 is 11.8. The zero-order chi connectivity index (χ0) is 14.6. The highest BCUT2D eigenvalue weighted by Crippen LogP contribution is 2.35. The van der Waals surface area contributed by atoms with Crippen LogP contribution in [-0.4, -0.2) is 23.7 Å². The number of ether oxygens (including phenoxy) is 2. The summed E-state index contributed by atoms with van der Waals surface area (Å²) in [5.41, 5.74) is 6.67. The second-order valence-corrected chi connectivity index (χ2v) is 6.44. The standard InChI is InChI=1S/C13H22IN3O2/c1-6-19-10(13(2,3)4)12-16-8(7-18-5)9(14)11(15)17-12/h10H,6-7H2,1-5H3,(H2,15,16,17). The summed E-state index contributed by atoms with van der Waals surface area (Å²) in [6.07, 6.45) is -0.188. The molecule has 0 radical (unpaired) electrons. The van der Waals surface area contributed by atoms with Crippen LogP contribution in [0.25, 0.3) is 0 Å². The van der Waals surface area contributed by atoms with Gasteiger partial charge in [-0.2, -0.15) is 0 Å². The van der Waals surface area contributed by atoms with E-state index in [-0.39, 0.29) is 11.5 Å². The van der Waals surface area contributed by atoms with E-state index in [2.05, 4.69) is 53.3 Å². The maximum atomic E-state index is 5.96. The summed E-state index contributed by atoms with van der Waals surface area (Å²) in [5, 5.41) is 0. The number of rotatable bonds is 5. The van der Waals surface area contributed by atoms with E-state index in [9.17, 15) is 0 Å². The maximum absolute atomic E-state index is 5.96. The molecule has 1 unspecified atom stereocenters. The molecule has 1 rings (SSSR count). The molecule has 0 fully saturated rings. The molecule has 19 heavy (non-hydrogen) atoms. The molecule has 1 aromatic heterocycles. The van der Waals surface area contributed by atoms with Crippen LogP contribution in [0, 0.1) is 8.99 Å². The zero-order valence-corrected chi connectivity index (χ0v) is 14.3. The van der Waals surface area contributed by atoms with Crippen molar-refractivity contribution in [2.45, 2.75) is 40.4 Å². The third-order valence-corrected chi connectivity index (χ3v) is 3.77. The van der Waals surface area contributed by atoms with Gasteiger partial charge in [0.2, 0.25) is 0 Å². The Morgan fingerprint density at radius 3 is 2.42 bits per heavy atom. The molecule has 0 bridgehead atoms. The minimum Gasteiger partial charge on any atom is -0.383 e. The van der Waals surface area contributed by atoms with Crippen molar-refractivity contribution in [2.75, 3.05) is 19.5 Å². The third kappa shape index (κ3) is 4.25. The van der Waals surface area contributed by atoms with Crippen molar-refractivity contribution in [2.24, 2.45) is 5.41 Å². The van der Waals surface area contributed by atoms with E-state index in [1.54, 1.807) is 7.11 Å². The Labute approximate surface area is 128 Å². The van der Waals surface area contributed by atoms with Gasteiger partial charge in [0.25, 0.3) is 0 Å². The average Bonchev–Trinajstić information content (AvgIpc) is 2.30. The first-order chi connectivity index (χ1) is 8.81. The molecule has 0 aliphatic rings. The van der Waals surface area contributed by atoms with Gasteiger partial charge in [-0.3, -0.25) is 0 Å². The Bertz CT molecular complexity index is 433. The predicted octanol–water partition coefficient (Wildman–Crippen LogP) is 2.93. The number of aromatic nitrogens is 2. The molecular weight excluding hydrogens is 357 g/mol. The van der Waals surface area contributed by atoms with Gasteiger partial charge in [-0.05, 0) is 34.9 Å². The van der Waals surface area contributed by atoms with Crippen LogP contribution in [-0.2, 0) is 16.1 Å². The summed E-state index contributed by atoms with van der Waals surface area (Å²) >= 11 is 2.14. The van der Waals surface area contributed by atoms with E-state index in [0.717, 1.165) is 9.26 Å². The number of hydrogen-bond donors (Lipinski definition) is 1. The van der Waals surface area contributed by atoms with E-state index in [0.29, 0.717) is 24.9 Å². The molecule has 0 spiro atoms. The SMILES string of the molecule is CCOC(c1nc(N)c(I)c(COC)n1)C(C)(C)C. The number of nitrogens with zero attached hydrogens (tertiary/aromatic N) is 2. The van der Waals surface area contributed by atoms with Crippen LogP contribution < -0.4 is 5.73 Å². The highest BCUT2D eigenvalue weighted by atomic mass is 127. The van der Waals surface area contributed by atoms with Gasteiger partial charge >= 0.3 is 0 Å². The number of nitrogen functional groups attached to an aromatic ring is 1. The van der Waals surface area contributed by atoms with Gasteiger partial charge in [0, 0.05) is 13.7 Å². The highest BCUT2D eigenvalue weighted by molar-refractivity contribution is 14.1. The fourth-order valence-corrected chi connectivity index (χ4v) is 2.16. The minimum absolute atomic E-state index is 0.0976. The monoisotopic (exact) mass is 379 g/mol. The molecule has 0 aromatic carbocycles. The maximum Gasteiger partial charge on any atom is 0.160 e. The Balaban J connectivity index is 3.24. The number of halogens is 1. The Hall–Kier alpha value is -0.470. The first kappa shape index (κ1) is 16.6. The van der Waals surface area contributed by atoms with E-state index in [4.69, 9.17) is 15.2 Å². The van der Waals surface area contributed by atoms with E-state index in [1.807, 2.05) is 6.92 Å². The number of methoxy groups -OCH3 is 1. The molecular formula is C13H22IN3O2. The van der Waals surface area contributed by atoms with Crippen LogP contribution >= 0.6 is 22.6 Å². The second-order valence-electron chi connectivity index (χ2n) is 5.36. The molecule has 1 aromatic rings. The smallest absolute Gasteiger partial charge is 0.160 e. The van der Waals surface area contributed by atoms with Gasteiger partial charge < -0.3 is 15.2 Å². The fourth-order valence-electron chi connectivity index (χ4n) is 1.76. The van der Waals surface area contributed by atoms with Crippen LogP contribution in [0.15, 0.2) is 0 Å². The van der Waals surface area contributed by atoms with Gasteiger partial charge in [0.15, 0.2) is 5.82 Å². The van der Waals surface area contributed by atoms with E-state index in [1.165, 1.54) is 0 Å². The van der Waals surface area contributed by atoms with E-state index >= 15 is 0 Å². The lowest BCUT2D eigenvalue weighted by molar-refractivity contribution is -0.0193. The average molecular weight is 379 g/mol. The molecule has 2 N–H and O–H groups in total. The van der Waals surface area contributed by atoms with Crippen molar-refractivity contribution in [1.29, 1.82) is 0 Å². The van der Waals surface area contributed by atoms with Gasteiger partial charge in [-0.25, -0.2) is 9.97 Å². The highest BCUT2D eigenvalue weighted by Gasteiger charge is 2.30. The molecule has 6 heteroatoms. The molecule has 0 aliphatic carbocycles. The molecule has 5 nitrogen and oxygen atoms in total. The van der Waals surface area contributed by atoms with Gasteiger partial charge in [0.1, 0.15) is 11.9 Å². The van der Waals surface area contributed by atoms with Crippen molar-refractivity contribution in [1.82, 2.24) is 9.97 Å². The van der Waals surface area contributed by atoms with Crippen molar-refractivity contribution < 1.29 is 9.47 Å². The molecule has 1 heterocycles.